The van der Waals surface area contributed by atoms with Gasteiger partial charge in [-0.1, -0.05) is 0 Å². The Hall–Kier alpha value is -0.660. The first kappa shape index (κ1) is 12.4. The molecule has 1 fully saturated rings. The molecule has 1 unspecified atom stereocenters. The third kappa shape index (κ3) is 5.10. The van der Waals surface area contributed by atoms with Crippen molar-refractivity contribution in [3.8, 4) is 12.3 Å². The van der Waals surface area contributed by atoms with Crippen molar-refractivity contribution in [2.24, 2.45) is 0 Å². The molecule has 1 saturated heterocycles. The SMILES string of the molecule is C#CCCCCNC(=O)C1CSCCN1. The van der Waals surface area contributed by atoms with Gasteiger partial charge < -0.3 is 10.6 Å². The van der Waals surface area contributed by atoms with E-state index in [1.807, 2.05) is 11.8 Å². The molecule has 1 amide bonds. The van der Waals surface area contributed by atoms with Crippen molar-refractivity contribution in [3.05, 3.63) is 0 Å². The van der Waals surface area contributed by atoms with Crippen LogP contribution in [0.5, 0.6) is 0 Å². The number of carbonyl (C=O) groups excluding carboxylic acids is 1. The lowest BCUT2D eigenvalue weighted by atomic mass is 10.2. The molecule has 1 atom stereocenters. The monoisotopic (exact) mass is 226 g/mol. The van der Waals surface area contributed by atoms with E-state index in [4.69, 9.17) is 6.42 Å². The average Bonchev–Trinajstić information content (AvgIpc) is 2.30. The van der Waals surface area contributed by atoms with Gasteiger partial charge in [-0.3, -0.25) is 4.79 Å². The lowest BCUT2D eigenvalue weighted by Gasteiger charge is -2.22. The number of amides is 1. The molecule has 2 N–H and O–H groups in total. The minimum atomic E-state index is -0.00335. The largest absolute Gasteiger partial charge is 0.355 e. The molecule has 4 heteroatoms. The summed E-state index contributed by atoms with van der Waals surface area (Å²) in [5.74, 6) is 4.71. The number of thioether (sulfide) groups is 1. The third-order valence-corrected chi connectivity index (χ3v) is 3.35. The molecule has 0 aliphatic carbocycles. The van der Waals surface area contributed by atoms with Crippen LogP contribution in [0.25, 0.3) is 0 Å². The van der Waals surface area contributed by atoms with Crippen molar-refractivity contribution in [3.63, 3.8) is 0 Å². The maximum atomic E-state index is 11.6. The van der Waals surface area contributed by atoms with Gasteiger partial charge in [0.1, 0.15) is 0 Å². The van der Waals surface area contributed by atoms with E-state index in [0.29, 0.717) is 0 Å². The molecule has 0 aromatic carbocycles. The van der Waals surface area contributed by atoms with Crippen LogP contribution in [0.1, 0.15) is 19.3 Å². The van der Waals surface area contributed by atoms with E-state index >= 15 is 0 Å². The Balaban J connectivity index is 2.05. The highest BCUT2D eigenvalue weighted by Crippen LogP contribution is 2.07. The number of hydrogen-bond donors (Lipinski definition) is 2. The first-order valence-electron chi connectivity index (χ1n) is 5.37. The predicted molar refractivity (Wildman–Crippen MR) is 64.8 cm³/mol. The summed E-state index contributed by atoms with van der Waals surface area (Å²) >= 11 is 1.83. The standard InChI is InChI=1S/C11H18N2OS/c1-2-3-4-5-6-13-11(14)10-9-15-8-7-12-10/h1,10,12H,3-9H2,(H,13,14). The molecule has 0 aromatic rings. The van der Waals surface area contributed by atoms with Crippen LogP contribution >= 0.6 is 11.8 Å². The molecule has 1 rings (SSSR count). The Morgan fingerprint density at radius 3 is 3.13 bits per heavy atom. The summed E-state index contributed by atoms with van der Waals surface area (Å²) in [7, 11) is 0. The second kappa shape index (κ2) is 7.61. The number of hydrogen-bond acceptors (Lipinski definition) is 3. The van der Waals surface area contributed by atoms with E-state index in [0.717, 1.165) is 43.9 Å². The van der Waals surface area contributed by atoms with Gasteiger partial charge in [-0.2, -0.15) is 11.8 Å². The summed E-state index contributed by atoms with van der Waals surface area (Å²) in [4.78, 5) is 11.6. The van der Waals surface area contributed by atoms with E-state index < -0.39 is 0 Å². The summed E-state index contributed by atoms with van der Waals surface area (Å²) in [5.41, 5.74) is 0. The number of carbonyl (C=O) groups is 1. The zero-order valence-electron chi connectivity index (χ0n) is 8.92. The fourth-order valence-electron chi connectivity index (χ4n) is 1.42. The Morgan fingerprint density at radius 1 is 1.60 bits per heavy atom. The minimum Gasteiger partial charge on any atom is -0.355 e. The second-order valence-electron chi connectivity index (χ2n) is 3.53. The summed E-state index contributed by atoms with van der Waals surface area (Å²) < 4.78 is 0. The molecular formula is C11H18N2OS. The zero-order valence-corrected chi connectivity index (χ0v) is 9.74. The van der Waals surface area contributed by atoms with Crippen LogP contribution in [-0.4, -0.2) is 36.5 Å². The van der Waals surface area contributed by atoms with E-state index in [1.165, 1.54) is 0 Å². The van der Waals surface area contributed by atoms with Crippen LogP contribution in [0.3, 0.4) is 0 Å². The lowest BCUT2D eigenvalue weighted by molar-refractivity contribution is -0.122. The highest BCUT2D eigenvalue weighted by atomic mass is 32.2. The third-order valence-electron chi connectivity index (χ3n) is 2.29. The van der Waals surface area contributed by atoms with E-state index in [2.05, 4.69) is 16.6 Å². The molecular weight excluding hydrogens is 208 g/mol. The Labute approximate surface area is 95.8 Å². The van der Waals surface area contributed by atoms with Crippen LogP contribution in [0.2, 0.25) is 0 Å². The van der Waals surface area contributed by atoms with Crippen LogP contribution in [0.4, 0.5) is 0 Å². The van der Waals surface area contributed by atoms with Crippen molar-refractivity contribution in [2.75, 3.05) is 24.6 Å². The van der Waals surface area contributed by atoms with Crippen molar-refractivity contribution in [1.82, 2.24) is 10.6 Å². The highest BCUT2D eigenvalue weighted by Gasteiger charge is 2.19. The van der Waals surface area contributed by atoms with Crippen molar-refractivity contribution < 1.29 is 4.79 Å². The van der Waals surface area contributed by atoms with Gasteiger partial charge in [0.2, 0.25) is 5.91 Å². The molecule has 3 nitrogen and oxygen atoms in total. The number of rotatable bonds is 5. The summed E-state index contributed by atoms with van der Waals surface area (Å²) in [6.45, 7) is 1.67. The van der Waals surface area contributed by atoms with Gasteiger partial charge in [-0.05, 0) is 12.8 Å². The number of nitrogens with one attached hydrogen (secondary N) is 2. The molecule has 0 bridgehead atoms. The average molecular weight is 226 g/mol. The number of unbranched alkanes of at least 4 members (excludes halogenated alkanes) is 2. The summed E-state index contributed by atoms with van der Waals surface area (Å²) in [6.07, 6.45) is 7.89. The Morgan fingerprint density at radius 2 is 2.47 bits per heavy atom. The molecule has 0 spiro atoms. The Bertz CT molecular complexity index is 231. The maximum absolute atomic E-state index is 11.6. The quantitative estimate of drug-likeness (QED) is 0.533. The van der Waals surface area contributed by atoms with Crippen LogP contribution in [0, 0.1) is 12.3 Å². The molecule has 0 aromatic heterocycles. The first-order valence-corrected chi connectivity index (χ1v) is 6.52. The lowest BCUT2D eigenvalue weighted by Crippen LogP contribution is -2.49. The second-order valence-corrected chi connectivity index (χ2v) is 4.68. The Kier molecular flexibility index (Phi) is 6.29. The van der Waals surface area contributed by atoms with Gasteiger partial charge in [0, 0.05) is 31.0 Å². The molecule has 15 heavy (non-hydrogen) atoms. The van der Waals surface area contributed by atoms with Gasteiger partial charge >= 0.3 is 0 Å². The minimum absolute atomic E-state index is 0.00335. The fourth-order valence-corrected chi connectivity index (χ4v) is 2.35. The smallest absolute Gasteiger partial charge is 0.237 e. The molecule has 0 radical (unpaired) electrons. The summed E-state index contributed by atoms with van der Waals surface area (Å²) in [6, 6.07) is -0.00335. The van der Waals surface area contributed by atoms with Crippen LogP contribution in [0.15, 0.2) is 0 Å². The number of terminal acetylenes is 1. The topological polar surface area (TPSA) is 41.1 Å². The van der Waals surface area contributed by atoms with Gasteiger partial charge in [0.05, 0.1) is 6.04 Å². The van der Waals surface area contributed by atoms with Gasteiger partial charge in [0.25, 0.3) is 0 Å². The van der Waals surface area contributed by atoms with Crippen LogP contribution in [-0.2, 0) is 4.79 Å². The van der Waals surface area contributed by atoms with Gasteiger partial charge in [0.15, 0.2) is 0 Å². The van der Waals surface area contributed by atoms with Gasteiger partial charge in [-0.25, -0.2) is 0 Å². The fraction of sp³-hybridized carbons (Fsp3) is 0.727. The molecule has 0 saturated carbocycles. The molecule has 1 heterocycles. The molecule has 84 valence electrons. The van der Waals surface area contributed by atoms with Crippen molar-refractivity contribution >= 4 is 17.7 Å². The normalized spacial score (nSPS) is 20.6. The highest BCUT2D eigenvalue weighted by molar-refractivity contribution is 7.99. The van der Waals surface area contributed by atoms with Gasteiger partial charge in [-0.15, -0.1) is 12.3 Å². The van der Waals surface area contributed by atoms with E-state index in [9.17, 15) is 4.79 Å². The van der Waals surface area contributed by atoms with E-state index in [1.54, 1.807) is 0 Å². The molecule has 1 aliphatic heterocycles. The maximum Gasteiger partial charge on any atom is 0.237 e. The predicted octanol–water partition coefficient (Wildman–Crippen LogP) is 0.611. The first-order chi connectivity index (χ1) is 7.34. The van der Waals surface area contributed by atoms with E-state index in [-0.39, 0.29) is 11.9 Å². The van der Waals surface area contributed by atoms with Crippen molar-refractivity contribution in [2.45, 2.75) is 25.3 Å². The van der Waals surface area contributed by atoms with Crippen LogP contribution < -0.4 is 10.6 Å². The summed E-state index contributed by atoms with van der Waals surface area (Å²) in [5, 5.41) is 6.13. The zero-order chi connectivity index (χ0) is 10.9. The van der Waals surface area contributed by atoms with Crippen molar-refractivity contribution in [1.29, 1.82) is 0 Å². The molecule has 1 aliphatic rings.